The van der Waals surface area contributed by atoms with Crippen molar-refractivity contribution in [2.75, 3.05) is 6.61 Å². The van der Waals surface area contributed by atoms with E-state index in [1.165, 1.54) is 6.92 Å². The molecule has 0 spiro atoms. The van der Waals surface area contributed by atoms with E-state index in [2.05, 4.69) is 9.72 Å². The Balaban J connectivity index is 3.32. The first-order chi connectivity index (χ1) is 9.16. The summed E-state index contributed by atoms with van der Waals surface area (Å²) in [6.45, 7) is 2.51. The van der Waals surface area contributed by atoms with Gasteiger partial charge in [0.05, 0.1) is 24.3 Å². The van der Waals surface area contributed by atoms with Crippen LogP contribution in [0.15, 0.2) is 6.07 Å². The van der Waals surface area contributed by atoms with Gasteiger partial charge in [-0.05, 0) is 25.5 Å². The van der Waals surface area contributed by atoms with Crippen molar-refractivity contribution in [2.45, 2.75) is 32.9 Å². The third kappa shape index (κ3) is 3.88. The molecule has 0 aromatic carbocycles. The number of aromatic nitrogens is 1. The molecule has 0 bridgehead atoms. The molecule has 1 heterocycles. The fourth-order valence-corrected chi connectivity index (χ4v) is 1.74. The molecule has 0 saturated heterocycles. The SMILES string of the molecule is CCOC(=O)Cc1nc(C(F)F)cc(C)c1C(F)(F)F. The Hall–Kier alpha value is -1.73. The molecule has 0 radical (unpaired) electrons. The fourth-order valence-electron chi connectivity index (χ4n) is 1.74. The molecule has 112 valence electrons. The number of carbonyl (C=O) groups excluding carboxylic acids is 1. The molecule has 8 heteroatoms. The van der Waals surface area contributed by atoms with Crippen molar-refractivity contribution in [3.05, 3.63) is 28.6 Å². The average Bonchev–Trinajstić information content (AvgIpc) is 2.26. The van der Waals surface area contributed by atoms with Gasteiger partial charge in [0.1, 0.15) is 5.69 Å². The smallest absolute Gasteiger partial charge is 0.418 e. The summed E-state index contributed by atoms with van der Waals surface area (Å²) in [5, 5.41) is 0. The second kappa shape index (κ2) is 6.15. The third-order valence-corrected chi connectivity index (χ3v) is 2.44. The minimum absolute atomic E-state index is 0.0201. The van der Waals surface area contributed by atoms with E-state index in [-0.39, 0.29) is 6.61 Å². The monoisotopic (exact) mass is 297 g/mol. The van der Waals surface area contributed by atoms with E-state index in [1.807, 2.05) is 0 Å². The number of halogens is 5. The molecule has 1 aromatic heterocycles. The van der Waals surface area contributed by atoms with Crippen LogP contribution in [0, 0.1) is 6.92 Å². The van der Waals surface area contributed by atoms with E-state index < -0.39 is 47.5 Å². The highest BCUT2D eigenvalue weighted by Crippen LogP contribution is 2.35. The van der Waals surface area contributed by atoms with E-state index in [9.17, 15) is 26.7 Å². The van der Waals surface area contributed by atoms with Crippen molar-refractivity contribution in [3.8, 4) is 0 Å². The van der Waals surface area contributed by atoms with Crippen molar-refractivity contribution in [2.24, 2.45) is 0 Å². The highest BCUT2D eigenvalue weighted by atomic mass is 19.4. The minimum Gasteiger partial charge on any atom is -0.466 e. The van der Waals surface area contributed by atoms with E-state index in [0.29, 0.717) is 6.07 Å². The largest absolute Gasteiger partial charge is 0.466 e. The van der Waals surface area contributed by atoms with E-state index >= 15 is 0 Å². The number of carbonyl (C=O) groups is 1. The summed E-state index contributed by atoms with van der Waals surface area (Å²) in [4.78, 5) is 14.5. The minimum atomic E-state index is -4.78. The number of esters is 1. The van der Waals surface area contributed by atoms with Gasteiger partial charge in [-0.3, -0.25) is 9.78 Å². The van der Waals surface area contributed by atoms with Crippen LogP contribution < -0.4 is 0 Å². The summed E-state index contributed by atoms with van der Waals surface area (Å²) in [7, 11) is 0. The summed E-state index contributed by atoms with van der Waals surface area (Å²) in [5.74, 6) is -0.948. The molecule has 0 amide bonds. The van der Waals surface area contributed by atoms with Gasteiger partial charge in [-0.2, -0.15) is 13.2 Å². The first-order valence-corrected chi connectivity index (χ1v) is 5.68. The van der Waals surface area contributed by atoms with Gasteiger partial charge in [0.2, 0.25) is 0 Å². The van der Waals surface area contributed by atoms with E-state index in [4.69, 9.17) is 0 Å². The summed E-state index contributed by atoms with van der Waals surface area (Å²) >= 11 is 0. The molecule has 0 aliphatic rings. The molecule has 0 saturated carbocycles. The second-order valence-electron chi connectivity index (χ2n) is 3.97. The molecule has 0 atom stereocenters. The maximum absolute atomic E-state index is 12.9. The van der Waals surface area contributed by atoms with Gasteiger partial charge in [-0.15, -0.1) is 0 Å². The van der Waals surface area contributed by atoms with Crippen LogP contribution >= 0.6 is 0 Å². The molecular formula is C12H12F5NO2. The predicted molar refractivity (Wildman–Crippen MR) is 59.3 cm³/mol. The number of ether oxygens (including phenoxy) is 1. The Kier molecular flexibility index (Phi) is 5.02. The molecular weight excluding hydrogens is 285 g/mol. The molecule has 20 heavy (non-hydrogen) atoms. The lowest BCUT2D eigenvalue weighted by Crippen LogP contribution is -2.18. The van der Waals surface area contributed by atoms with Gasteiger partial charge < -0.3 is 4.74 Å². The third-order valence-electron chi connectivity index (χ3n) is 2.44. The summed E-state index contributed by atoms with van der Waals surface area (Å²) in [5.41, 5.74) is -3.11. The van der Waals surface area contributed by atoms with Gasteiger partial charge in [0.25, 0.3) is 6.43 Å². The Bertz CT molecular complexity index is 499. The Morgan fingerprint density at radius 3 is 2.45 bits per heavy atom. The lowest BCUT2D eigenvalue weighted by Gasteiger charge is -2.16. The number of alkyl halides is 5. The average molecular weight is 297 g/mol. The lowest BCUT2D eigenvalue weighted by atomic mass is 10.0. The summed E-state index contributed by atoms with van der Waals surface area (Å²) < 4.78 is 68.4. The van der Waals surface area contributed by atoms with Crippen LogP contribution in [0.2, 0.25) is 0 Å². The van der Waals surface area contributed by atoms with Crippen LogP contribution in [0.25, 0.3) is 0 Å². The van der Waals surface area contributed by atoms with Gasteiger partial charge in [0.15, 0.2) is 0 Å². The van der Waals surface area contributed by atoms with Gasteiger partial charge in [-0.1, -0.05) is 0 Å². The summed E-state index contributed by atoms with van der Waals surface area (Å²) in [6.07, 6.45) is -8.60. The van der Waals surface area contributed by atoms with Crippen LogP contribution in [0.3, 0.4) is 0 Å². The molecule has 0 N–H and O–H groups in total. The maximum Gasteiger partial charge on any atom is 0.418 e. The number of aryl methyl sites for hydroxylation is 1. The van der Waals surface area contributed by atoms with Crippen LogP contribution in [0.4, 0.5) is 22.0 Å². The normalized spacial score (nSPS) is 11.8. The zero-order valence-electron chi connectivity index (χ0n) is 10.7. The fraction of sp³-hybridized carbons (Fsp3) is 0.500. The van der Waals surface area contributed by atoms with Crippen LogP contribution in [-0.4, -0.2) is 17.6 Å². The van der Waals surface area contributed by atoms with E-state index in [1.54, 1.807) is 0 Å². The van der Waals surface area contributed by atoms with E-state index in [0.717, 1.165) is 6.92 Å². The molecule has 0 fully saturated rings. The molecule has 0 aliphatic heterocycles. The molecule has 1 aromatic rings. The topological polar surface area (TPSA) is 39.2 Å². The number of rotatable bonds is 4. The zero-order chi connectivity index (χ0) is 15.5. The number of hydrogen-bond donors (Lipinski definition) is 0. The predicted octanol–water partition coefficient (Wildman–Crippen LogP) is 3.45. The number of nitrogens with zero attached hydrogens (tertiary/aromatic N) is 1. The Morgan fingerprint density at radius 1 is 1.40 bits per heavy atom. The van der Waals surface area contributed by atoms with Crippen molar-refractivity contribution >= 4 is 5.97 Å². The van der Waals surface area contributed by atoms with Gasteiger partial charge in [0, 0.05) is 0 Å². The van der Waals surface area contributed by atoms with Crippen LogP contribution in [0.5, 0.6) is 0 Å². The second-order valence-corrected chi connectivity index (χ2v) is 3.97. The zero-order valence-corrected chi connectivity index (χ0v) is 10.7. The first-order valence-electron chi connectivity index (χ1n) is 5.68. The van der Waals surface area contributed by atoms with Crippen molar-refractivity contribution in [1.29, 1.82) is 0 Å². The highest BCUT2D eigenvalue weighted by Gasteiger charge is 2.37. The molecule has 0 unspecified atom stereocenters. The number of hydrogen-bond acceptors (Lipinski definition) is 3. The van der Waals surface area contributed by atoms with Crippen LogP contribution in [0.1, 0.15) is 35.9 Å². The summed E-state index contributed by atoms with van der Waals surface area (Å²) in [6, 6.07) is 0.669. The highest BCUT2D eigenvalue weighted by molar-refractivity contribution is 5.72. The molecule has 3 nitrogen and oxygen atoms in total. The van der Waals surface area contributed by atoms with Crippen molar-refractivity contribution in [1.82, 2.24) is 4.98 Å². The van der Waals surface area contributed by atoms with Crippen LogP contribution in [-0.2, 0) is 22.1 Å². The van der Waals surface area contributed by atoms with Crippen molar-refractivity contribution in [3.63, 3.8) is 0 Å². The van der Waals surface area contributed by atoms with Gasteiger partial charge >= 0.3 is 12.1 Å². The molecule has 1 rings (SSSR count). The first kappa shape index (κ1) is 16.3. The van der Waals surface area contributed by atoms with Gasteiger partial charge in [-0.25, -0.2) is 8.78 Å². The Morgan fingerprint density at radius 2 is 2.00 bits per heavy atom. The Labute approximate surface area is 111 Å². The maximum atomic E-state index is 12.9. The molecule has 0 aliphatic carbocycles. The standard InChI is InChI=1S/C12H12F5NO2/c1-3-20-9(19)5-7-10(12(15,16)17)6(2)4-8(18-7)11(13)14/h4,11H,3,5H2,1-2H3. The van der Waals surface area contributed by atoms with Crippen molar-refractivity contribution < 1.29 is 31.5 Å². The quantitative estimate of drug-likeness (QED) is 0.631. The number of pyridine rings is 1. The lowest BCUT2D eigenvalue weighted by molar-refractivity contribution is -0.143.